The van der Waals surface area contributed by atoms with E-state index >= 15 is 0 Å². The first-order valence-corrected chi connectivity index (χ1v) is 10.1. The molecule has 0 radical (unpaired) electrons. The van der Waals surface area contributed by atoms with Gasteiger partial charge in [0.25, 0.3) is 15.9 Å². The molecule has 2 rings (SSSR count). The summed E-state index contributed by atoms with van der Waals surface area (Å²) < 4.78 is 64.6. The van der Waals surface area contributed by atoms with Crippen LogP contribution in [0.15, 0.2) is 47.4 Å². The van der Waals surface area contributed by atoms with Gasteiger partial charge in [0, 0.05) is 5.56 Å². The van der Waals surface area contributed by atoms with Crippen molar-refractivity contribution in [2.24, 2.45) is 0 Å². The number of carbonyl (C=O) groups excluding carboxylic acids is 1. The molecule has 0 aliphatic rings. The van der Waals surface area contributed by atoms with Crippen LogP contribution in [-0.2, 0) is 22.9 Å². The van der Waals surface area contributed by atoms with Crippen molar-refractivity contribution >= 4 is 21.6 Å². The van der Waals surface area contributed by atoms with Crippen LogP contribution in [0.5, 0.6) is 0 Å². The van der Waals surface area contributed by atoms with E-state index in [-0.39, 0.29) is 10.5 Å². The molecular weight excluding hydrogens is 393 g/mol. The highest BCUT2D eigenvalue weighted by atomic mass is 32.2. The summed E-state index contributed by atoms with van der Waals surface area (Å²) in [4.78, 5) is 11.6. The van der Waals surface area contributed by atoms with Crippen molar-refractivity contribution in [2.45, 2.75) is 37.8 Å². The molecule has 0 spiro atoms. The molecule has 0 atom stereocenters. The normalized spacial score (nSPS) is 11.9. The van der Waals surface area contributed by atoms with Gasteiger partial charge in [0.1, 0.15) is 6.54 Å². The predicted octanol–water partition coefficient (Wildman–Crippen LogP) is 3.90. The van der Waals surface area contributed by atoms with Gasteiger partial charge in [-0.3, -0.25) is 9.52 Å². The maximum absolute atomic E-state index is 12.7. The third-order valence-electron chi connectivity index (χ3n) is 4.11. The van der Waals surface area contributed by atoms with Crippen molar-refractivity contribution in [1.82, 2.24) is 5.32 Å². The summed E-state index contributed by atoms with van der Waals surface area (Å²) in [5.74, 6) is -0.932. The van der Waals surface area contributed by atoms with Gasteiger partial charge in [-0.05, 0) is 48.2 Å². The lowest BCUT2D eigenvalue weighted by atomic mass is 10.0. The minimum atomic E-state index is -4.52. The summed E-state index contributed by atoms with van der Waals surface area (Å²) >= 11 is 0. The molecule has 2 aromatic carbocycles. The lowest BCUT2D eigenvalue weighted by molar-refractivity contribution is -0.123. The molecular formula is C19H21F3N2O3S. The zero-order valence-electron chi connectivity index (χ0n) is 15.4. The van der Waals surface area contributed by atoms with Crippen LogP contribution in [0, 0.1) is 0 Å². The van der Waals surface area contributed by atoms with E-state index < -0.39 is 28.7 Å². The van der Waals surface area contributed by atoms with Gasteiger partial charge in [0.15, 0.2) is 0 Å². The molecule has 0 aromatic heterocycles. The number of para-hydroxylation sites is 1. The van der Waals surface area contributed by atoms with E-state index in [2.05, 4.69) is 4.72 Å². The zero-order chi connectivity index (χ0) is 20.9. The second kappa shape index (κ2) is 8.64. The Hall–Kier alpha value is -2.55. The van der Waals surface area contributed by atoms with Crippen LogP contribution in [0.1, 0.15) is 35.3 Å². The van der Waals surface area contributed by atoms with Gasteiger partial charge in [-0.1, -0.05) is 32.0 Å². The largest absolute Gasteiger partial charge is 0.405 e. The predicted molar refractivity (Wildman–Crippen MR) is 101 cm³/mol. The Balaban J connectivity index is 2.23. The topological polar surface area (TPSA) is 75.3 Å². The van der Waals surface area contributed by atoms with Gasteiger partial charge >= 0.3 is 6.18 Å². The smallest absolute Gasteiger partial charge is 0.343 e. The van der Waals surface area contributed by atoms with Crippen molar-refractivity contribution in [1.29, 1.82) is 0 Å². The Morgan fingerprint density at radius 1 is 0.964 bits per heavy atom. The molecule has 0 saturated carbocycles. The molecule has 0 unspecified atom stereocenters. The molecule has 0 aliphatic heterocycles. The summed E-state index contributed by atoms with van der Waals surface area (Å²) in [6, 6.07) is 10.3. The molecule has 1 amide bonds. The zero-order valence-corrected chi connectivity index (χ0v) is 16.2. The third kappa shape index (κ3) is 5.48. The number of hydrogen-bond donors (Lipinski definition) is 2. The molecule has 5 nitrogen and oxygen atoms in total. The number of alkyl halides is 3. The summed E-state index contributed by atoms with van der Waals surface area (Å²) in [5, 5.41) is 1.74. The molecule has 9 heteroatoms. The Kier molecular flexibility index (Phi) is 6.71. The fourth-order valence-electron chi connectivity index (χ4n) is 2.63. The van der Waals surface area contributed by atoms with Crippen LogP contribution in [0.25, 0.3) is 0 Å². The SMILES string of the molecule is CCc1cccc(CC)c1NS(=O)(=O)c1ccc(C(=O)NCC(F)(F)F)cc1. The van der Waals surface area contributed by atoms with E-state index in [4.69, 9.17) is 0 Å². The number of hydrogen-bond acceptors (Lipinski definition) is 3. The lowest BCUT2D eigenvalue weighted by Crippen LogP contribution is -2.33. The Labute approximate surface area is 162 Å². The molecule has 0 fully saturated rings. The average molecular weight is 414 g/mol. The van der Waals surface area contributed by atoms with Crippen molar-refractivity contribution in [3.63, 3.8) is 0 Å². The molecule has 0 aliphatic carbocycles. The lowest BCUT2D eigenvalue weighted by Gasteiger charge is -2.16. The molecule has 152 valence electrons. The van der Waals surface area contributed by atoms with Gasteiger partial charge in [0.2, 0.25) is 0 Å². The van der Waals surface area contributed by atoms with Gasteiger partial charge < -0.3 is 5.32 Å². The maximum Gasteiger partial charge on any atom is 0.405 e. The first-order chi connectivity index (χ1) is 13.1. The number of halogens is 3. The molecule has 2 N–H and O–H groups in total. The second-order valence-electron chi connectivity index (χ2n) is 6.09. The van der Waals surface area contributed by atoms with Crippen LogP contribution in [0.2, 0.25) is 0 Å². The Morgan fingerprint density at radius 2 is 1.50 bits per heavy atom. The molecule has 28 heavy (non-hydrogen) atoms. The van der Waals surface area contributed by atoms with Gasteiger partial charge in [-0.2, -0.15) is 13.2 Å². The van der Waals surface area contributed by atoms with Crippen LogP contribution in [0.4, 0.5) is 18.9 Å². The van der Waals surface area contributed by atoms with Gasteiger partial charge in [0.05, 0.1) is 10.6 Å². The fourth-order valence-corrected chi connectivity index (χ4v) is 3.78. The van der Waals surface area contributed by atoms with Crippen molar-refractivity contribution in [3.8, 4) is 0 Å². The summed E-state index contributed by atoms with van der Waals surface area (Å²) in [5.41, 5.74) is 2.17. The quantitative estimate of drug-likeness (QED) is 0.722. The number of amides is 1. The minimum Gasteiger partial charge on any atom is -0.343 e. The molecule has 2 aromatic rings. The first-order valence-electron chi connectivity index (χ1n) is 8.66. The highest BCUT2D eigenvalue weighted by Gasteiger charge is 2.28. The Bertz CT molecular complexity index is 918. The van der Waals surface area contributed by atoms with E-state index in [0.29, 0.717) is 18.5 Å². The van der Waals surface area contributed by atoms with Crippen molar-refractivity contribution in [3.05, 3.63) is 59.2 Å². The summed E-state index contributed by atoms with van der Waals surface area (Å²) in [6.07, 6.45) is -3.24. The molecule has 0 heterocycles. The third-order valence-corrected chi connectivity index (χ3v) is 5.48. The van der Waals surface area contributed by atoms with E-state index in [1.165, 1.54) is 24.3 Å². The second-order valence-corrected chi connectivity index (χ2v) is 7.77. The number of rotatable bonds is 7. The van der Waals surface area contributed by atoms with E-state index in [0.717, 1.165) is 11.1 Å². The number of anilines is 1. The van der Waals surface area contributed by atoms with Crippen LogP contribution in [0.3, 0.4) is 0 Å². The van der Waals surface area contributed by atoms with Gasteiger partial charge in [-0.15, -0.1) is 0 Å². The highest BCUT2D eigenvalue weighted by Crippen LogP contribution is 2.26. The monoisotopic (exact) mass is 414 g/mol. The number of carbonyl (C=O) groups is 1. The number of nitrogens with one attached hydrogen (secondary N) is 2. The highest BCUT2D eigenvalue weighted by molar-refractivity contribution is 7.92. The standard InChI is InChI=1S/C19H21F3N2O3S/c1-3-13-6-5-7-14(4-2)17(13)24-28(26,27)16-10-8-15(9-11-16)18(25)23-12-19(20,21)22/h5-11,24H,3-4,12H2,1-2H3,(H,23,25). The maximum atomic E-state index is 12.7. The Morgan fingerprint density at radius 3 is 1.96 bits per heavy atom. The van der Waals surface area contributed by atoms with E-state index in [1.54, 1.807) is 5.32 Å². The van der Waals surface area contributed by atoms with Crippen LogP contribution < -0.4 is 10.0 Å². The first kappa shape index (κ1) is 21.7. The average Bonchev–Trinajstić information content (AvgIpc) is 2.65. The van der Waals surface area contributed by atoms with Gasteiger partial charge in [-0.25, -0.2) is 8.42 Å². The van der Waals surface area contributed by atoms with E-state index in [9.17, 15) is 26.4 Å². The van der Waals surface area contributed by atoms with E-state index in [1.807, 2.05) is 32.0 Å². The number of aryl methyl sites for hydroxylation is 2. The fraction of sp³-hybridized carbons (Fsp3) is 0.316. The van der Waals surface area contributed by atoms with Crippen molar-refractivity contribution in [2.75, 3.05) is 11.3 Å². The molecule has 0 saturated heterocycles. The van der Waals surface area contributed by atoms with Crippen molar-refractivity contribution < 1.29 is 26.4 Å². The molecule has 0 bridgehead atoms. The number of benzene rings is 2. The summed E-state index contributed by atoms with van der Waals surface area (Å²) in [6.45, 7) is 2.38. The summed E-state index contributed by atoms with van der Waals surface area (Å²) in [7, 11) is -3.92. The minimum absolute atomic E-state index is 0.0635. The van der Waals surface area contributed by atoms with Crippen LogP contribution >= 0.6 is 0 Å². The van der Waals surface area contributed by atoms with Crippen LogP contribution in [-0.4, -0.2) is 27.0 Å². The number of sulfonamides is 1.